The predicted molar refractivity (Wildman–Crippen MR) is 83.0 cm³/mol. The molecule has 0 aliphatic rings. The van der Waals surface area contributed by atoms with Crippen LogP contribution < -0.4 is 4.72 Å². The Bertz CT molecular complexity index is 938. The highest BCUT2D eigenvalue weighted by molar-refractivity contribution is 7.88. The van der Waals surface area contributed by atoms with E-state index >= 15 is 0 Å². The first-order chi connectivity index (χ1) is 10.9. The van der Waals surface area contributed by atoms with Gasteiger partial charge in [0.2, 0.25) is 10.0 Å². The summed E-state index contributed by atoms with van der Waals surface area (Å²) in [5.74, 6) is 5.15. The van der Waals surface area contributed by atoms with Crippen LogP contribution in [-0.2, 0) is 16.6 Å². The van der Waals surface area contributed by atoms with Gasteiger partial charge >= 0.3 is 0 Å². The van der Waals surface area contributed by atoms with Gasteiger partial charge in [-0.05, 0) is 24.3 Å². The third kappa shape index (κ3) is 5.19. The summed E-state index contributed by atoms with van der Waals surface area (Å²) in [7, 11) is -3.41. The van der Waals surface area contributed by atoms with Gasteiger partial charge in [-0.2, -0.15) is 5.26 Å². The van der Waals surface area contributed by atoms with Crippen LogP contribution in [0.3, 0.4) is 0 Å². The second kappa shape index (κ2) is 7.01. The van der Waals surface area contributed by atoms with Gasteiger partial charge in [0.25, 0.3) is 0 Å². The smallest absolute Gasteiger partial charge is 0.209 e. The predicted octanol–water partition coefficient (Wildman–Crippen LogP) is 1.54. The molecule has 0 aliphatic carbocycles. The quantitative estimate of drug-likeness (QED) is 0.866. The number of nitriles is 1. The molecule has 0 fully saturated rings. The van der Waals surface area contributed by atoms with Gasteiger partial charge in [0.05, 0.1) is 11.8 Å². The molecule has 1 aromatic heterocycles. The van der Waals surface area contributed by atoms with Crippen LogP contribution >= 0.6 is 0 Å². The number of aromatic nitrogens is 1. The van der Waals surface area contributed by atoms with E-state index in [1.165, 1.54) is 30.6 Å². The molecule has 0 bridgehead atoms. The van der Waals surface area contributed by atoms with E-state index in [1.54, 1.807) is 6.07 Å². The first kappa shape index (κ1) is 16.6. The van der Waals surface area contributed by atoms with E-state index in [0.717, 1.165) is 6.26 Å². The van der Waals surface area contributed by atoms with E-state index in [2.05, 4.69) is 21.5 Å². The van der Waals surface area contributed by atoms with Gasteiger partial charge < -0.3 is 0 Å². The zero-order valence-corrected chi connectivity index (χ0v) is 13.0. The molecule has 116 valence electrons. The Morgan fingerprint density at radius 2 is 1.87 bits per heavy atom. The van der Waals surface area contributed by atoms with Gasteiger partial charge in [0.15, 0.2) is 0 Å². The molecule has 0 saturated heterocycles. The number of sulfonamides is 1. The first-order valence-corrected chi connectivity index (χ1v) is 8.37. The maximum atomic E-state index is 13.7. The van der Waals surface area contributed by atoms with Crippen molar-refractivity contribution in [2.45, 2.75) is 6.54 Å². The Kier molecular flexibility index (Phi) is 5.07. The lowest BCUT2D eigenvalue weighted by Crippen LogP contribution is -2.21. The van der Waals surface area contributed by atoms with Crippen molar-refractivity contribution in [3.8, 4) is 17.9 Å². The van der Waals surface area contributed by atoms with Crippen molar-refractivity contribution in [1.29, 1.82) is 5.26 Å². The molecule has 1 heterocycles. The highest BCUT2D eigenvalue weighted by Gasteiger charge is 2.06. The monoisotopic (exact) mass is 329 g/mol. The number of benzene rings is 1. The molecule has 0 saturated carbocycles. The minimum atomic E-state index is -3.41. The fraction of sp³-hybridized carbons (Fsp3) is 0.125. The third-order valence-electron chi connectivity index (χ3n) is 2.79. The van der Waals surface area contributed by atoms with Crippen LogP contribution in [0.4, 0.5) is 4.39 Å². The van der Waals surface area contributed by atoms with E-state index in [4.69, 9.17) is 5.26 Å². The van der Waals surface area contributed by atoms with E-state index in [0.29, 0.717) is 16.7 Å². The van der Waals surface area contributed by atoms with Crippen molar-refractivity contribution in [2.24, 2.45) is 0 Å². The maximum Gasteiger partial charge on any atom is 0.209 e. The number of halogens is 1. The molecule has 2 rings (SSSR count). The molecule has 0 amide bonds. The summed E-state index contributed by atoms with van der Waals surface area (Å²) in [6, 6.07) is 7.76. The number of pyridine rings is 1. The van der Waals surface area contributed by atoms with Crippen LogP contribution in [-0.4, -0.2) is 19.7 Å². The molecule has 23 heavy (non-hydrogen) atoms. The second-order valence-electron chi connectivity index (χ2n) is 4.72. The van der Waals surface area contributed by atoms with Crippen molar-refractivity contribution in [2.75, 3.05) is 6.26 Å². The highest BCUT2D eigenvalue weighted by atomic mass is 32.2. The fourth-order valence-corrected chi connectivity index (χ4v) is 2.13. The summed E-state index contributed by atoms with van der Waals surface area (Å²) in [6.07, 6.45) is 3.95. The average Bonchev–Trinajstić information content (AvgIpc) is 2.52. The standard InChI is InChI=1S/C16H12FN3O2S/c1-23(21,22)20-11-15-7-12(4-5-16(15)17)2-3-13-6-14(8-18)10-19-9-13/h4-7,9-10,20H,11H2,1H3. The van der Waals surface area contributed by atoms with Gasteiger partial charge in [-0.1, -0.05) is 11.8 Å². The van der Waals surface area contributed by atoms with Gasteiger partial charge in [0.1, 0.15) is 11.9 Å². The number of hydrogen-bond donors (Lipinski definition) is 1. The highest BCUT2D eigenvalue weighted by Crippen LogP contribution is 2.10. The Balaban J connectivity index is 2.25. The van der Waals surface area contributed by atoms with Crippen LogP contribution in [0.15, 0.2) is 36.7 Å². The van der Waals surface area contributed by atoms with Crippen molar-refractivity contribution in [1.82, 2.24) is 9.71 Å². The van der Waals surface area contributed by atoms with Crippen molar-refractivity contribution in [3.05, 3.63) is 64.7 Å². The normalized spacial score (nSPS) is 10.5. The third-order valence-corrected chi connectivity index (χ3v) is 3.46. The molecule has 7 heteroatoms. The van der Waals surface area contributed by atoms with Crippen molar-refractivity contribution in [3.63, 3.8) is 0 Å². The summed E-state index contributed by atoms with van der Waals surface area (Å²) in [5, 5.41) is 8.80. The van der Waals surface area contributed by atoms with Crippen LogP contribution in [0, 0.1) is 29.0 Å². The van der Waals surface area contributed by atoms with Gasteiger partial charge in [-0.25, -0.2) is 17.5 Å². The minimum Gasteiger partial charge on any atom is -0.262 e. The van der Waals surface area contributed by atoms with Crippen LogP contribution in [0.1, 0.15) is 22.3 Å². The van der Waals surface area contributed by atoms with E-state index in [9.17, 15) is 12.8 Å². The summed E-state index contributed by atoms with van der Waals surface area (Å²) in [6.45, 7) is -0.147. The summed E-state index contributed by atoms with van der Waals surface area (Å²) in [4.78, 5) is 3.89. The summed E-state index contributed by atoms with van der Waals surface area (Å²) < 4.78 is 38.1. The molecule has 0 atom stereocenters. The van der Waals surface area contributed by atoms with Gasteiger partial charge in [-0.3, -0.25) is 4.98 Å². The Morgan fingerprint density at radius 3 is 2.57 bits per heavy atom. The molecule has 0 unspecified atom stereocenters. The summed E-state index contributed by atoms with van der Waals surface area (Å²) in [5.41, 5.74) is 1.68. The molecule has 1 aromatic carbocycles. The molecule has 1 N–H and O–H groups in total. The van der Waals surface area contributed by atoms with E-state index in [1.807, 2.05) is 6.07 Å². The SMILES string of the molecule is CS(=O)(=O)NCc1cc(C#Cc2cncc(C#N)c2)ccc1F. The second-order valence-corrected chi connectivity index (χ2v) is 6.56. The molecule has 5 nitrogen and oxygen atoms in total. The van der Waals surface area contributed by atoms with Crippen LogP contribution in [0.2, 0.25) is 0 Å². The molecular formula is C16H12FN3O2S. The lowest BCUT2D eigenvalue weighted by molar-refractivity contribution is 0.579. The Labute approximate surface area is 133 Å². The van der Waals surface area contributed by atoms with Gasteiger partial charge in [0, 0.05) is 35.6 Å². The minimum absolute atomic E-state index is 0.147. The van der Waals surface area contributed by atoms with Crippen molar-refractivity contribution >= 4 is 10.0 Å². The van der Waals surface area contributed by atoms with E-state index in [-0.39, 0.29) is 12.1 Å². The first-order valence-electron chi connectivity index (χ1n) is 6.47. The summed E-state index contributed by atoms with van der Waals surface area (Å²) >= 11 is 0. The zero-order valence-electron chi connectivity index (χ0n) is 12.2. The molecule has 0 aliphatic heterocycles. The Hall–Kier alpha value is -2.74. The fourth-order valence-electron chi connectivity index (χ4n) is 1.71. The largest absolute Gasteiger partial charge is 0.262 e. The average molecular weight is 329 g/mol. The zero-order chi connectivity index (χ0) is 16.9. The Morgan fingerprint density at radius 1 is 1.17 bits per heavy atom. The van der Waals surface area contributed by atoms with Crippen LogP contribution in [0.5, 0.6) is 0 Å². The molecule has 0 spiro atoms. The maximum absolute atomic E-state index is 13.7. The molecule has 2 aromatic rings. The van der Waals surface area contributed by atoms with Crippen molar-refractivity contribution < 1.29 is 12.8 Å². The molecular weight excluding hydrogens is 317 g/mol. The number of rotatable bonds is 3. The number of hydrogen-bond acceptors (Lipinski definition) is 4. The van der Waals surface area contributed by atoms with Gasteiger partial charge in [-0.15, -0.1) is 0 Å². The lowest BCUT2D eigenvalue weighted by atomic mass is 10.1. The van der Waals surface area contributed by atoms with E-state index < -0.39 is 15.8 Å². The molecule has 0 radical (unpaired) electrons. The lowest BCUT2D eigenvalue weighted by Gasteiger charge is -2.04. The number of nitrogens with one attached hydrogen (secondary N) is 1. The topological polar surface area (TPSA) is 82.8 Å². The van der Waals surface area contributed by atoms with Crippen LogP contribution in [0.25, 0.3) is 0 Å². The number of nitrogens with zero attached hydrogens (tertiary/aromatic N) is 2.